The van der Waals surface area contributed by atoms with Gasteiger partial charge in [0.25, 0.3) is 0 Å². The summed E-state index contributed by atoms with van der Waals surface area (Å²) in [5.41, 5.74) is 2.08. The molecule has 0 N–H and O–H groups in total. The summed E-state index contributed by atoms with van der Waals surface area (Å²) in [7, 11) is 0. The standard InChI is InChI=1S/C11H15NO2/c1-2-14-8-12-6-9-4-3-5-11(13)10(9)7-12/h6-7H,2-5,8H2,1H3. The number of ether oxygens (including phenoxy) is 1. The molecule has 1 aromatic heterocycles. The lowest BCUT2D eigenvalue weighted by Crippen LogP contribution is -2.07. The number of ketones is 1. The lowest BCUT2D eigenvalue weighted by molar-refractivity contribution is 0.0878. The highest BCUT2D eigenvalue weighted by atomic mass is 16.5. The Morgan fingerprint density at radius 1 is 1.43 bits per heavy atom. The van der Waals surface area contributed by atoms with Gasteiger partial charge in [-0.1, -0.05) is 0 Å². The Bertz CT molecular complexity index is 341. The Morgan fingerprint density at radius 3 is 3.00 bits per heavy atom. The lowest BCUT2D eigenvalue weighted by Gasteiger charge is -2.07. The first kappa shape index (κ1) is 9.46. The zero-order valence-electron chi connectivity index (χ0n) is 8.45. The average molecular weight is 193 g/mol. The molecule has 14 heavy (non-hydrogen) atoms. The molecular weight excluding hydrogens is 178 g/mol. The van der Waals surface area contributed by atoms with Gasteiger partial charge in [0.1, 0.15) is 6.73 Å². The predicted octanol–water partition coefficient (Wildman–Crippen LogP) is 2.00. The van der Waals surface area contributed by atoms with E-state index < -0.39 is 0 Å². The quantitative estimate of drug-likeness (QED) is 0.735. The minimum absolute atomic E-state index is 0.279. The summed E-state index contributed by atoms with van der Waals surface area (Å²) in [6.07, 6.45) is 6.66. The van der Waals surface area contributed by atoms with Crippen LogP contribution < -0.4 is 0 Å². The minimum atomic E-state index is 0.279. The molecule has 1 heterocycles. The number of Topliss-reactive ketones (excluding diaryl/α,β-unsaturated/α-hetero) is 1. The normalized spacial score (nSPS) is 15.6. The molecule has 0 spiro atoms. The van der Waals surface area contributed by atoms with Crippen LogP contribution in [0, 0.1) is 0 Å². The van der Waals surface area contributed by atoms with Crippen molar-refractivity contribution < 1.29 is 9.53 Å². The molecule has 1 aliphatic carbocycles. The van der Waals surface area contributed by atoms with Crippen LogP contribution in [0.1, 0.15) is 35.7 Å². The fraction of sp³-hybridized carbons (Fsp3) is 0.545. The highest BCUT2D eigenvalue weighted by Crippen LogP contribution is 2.21. The third kappa shape index (κ3) is 1.73. The van der Waals surface area contributed by atoms with Gasteiger partial charge >= 0.3 is 0 Å². The fourth-order valence-corrected chi connectivity index (χ4v) is 1.85. The van der Waals surface area contributed by atoms with Crippen molar-refractivity contribution in [3.8, 4) is 0 Å². The number of rotatable bonds is 3. The van der Waals surface area contributed by atoms with Crippen LogP contribution in [0.5, 0.6) is 0 Å². The molecule has 1 aromatic rings. The number of nitrogens with zero attached hydrogens (tertiary/aromatic N) is 1. The van der Waals surface area contributed by atoms with E-state index in [1.807, 2.05) is 23.9 Å². The molecule has 0 unspecified atom stereocenters. The molecule has 0 saturated carbocycles. The van der Waals surface area contributed by atoms with Gasteiger partial charge in [0.2, 0.25) is 0 Å². The van der Waals surface area contributed by atoms with E-state index in [9.17, 15) is 4.79 Å². The summed E-state index contributed by atoms with van der Waals surface area (Å²) in [5, 5.41) is 0. The van der Waals surface area contributed by atoms with E-state index >= 15 is 0 Å². The molecule has 0 aromatic carbocycles. The SMILES string of the molecule is CCOCn1cc2c(c1)C(=O)CCC2. The maximum Gasteiger partial charge on any atom is 0.164 e. The van der Waals surface area contributed by atoms with Gasteiger partial charge in [-0.15, -0.1) is 0 Å². The topological polar surface area (TPSA) is 31.2 Å². The van der Waals surface area contributed by atoms with Crippen molar-refractivity contribution in [3.63, 3.8) is 0 Å². The largest absolute Gasteiger partial charge is 0.361 e. The van der Waals surface area contributed by atoms with Crippen LogP contribution in [0.2, 0.25) is 0 Å². The van der Waals surface area contributed by atoms with Crippen molar-refractivity contribution in [1.29, 1.82) is 0 Å². The number of fused-ring (bicyclic) bond motifs is 1. The summed E-state index contributed by atoms with van der Waals surface area (Å²) in [4.78, 5) is 11.5. The lowest BCUT2D eigenvalue weighted by atomic mass is 9.95. The summed E-state index contributed by atoms with van der Waals surface area (Å²) >= 11 is 0. The van der Waals surface area contributed by atoms with Crippen LogP contribution in [0.4, 0.5) is 0 Å². The van der Waals surface area contributed by atoms with E-state index in [1.54, 1.807) is 0 Å². The highest BCUT2D eigenvalue weighted by molar-refractivity contribution is 5.98. The molecule has 2 rings (SSSR count). The molecule has 1 aliphatic rings. The molecule has 76 valence electrons. The van der Waals surface area contributed by atoms with E-state index in [-0.39, 0.29) is 5.78 Å². The molecule has 0 bridgehead atoms. The Labute approximate surface area is 83.7 Å². The van der Waals surface area contributed by atoms with E-state index in [2.05, 4.69) is 0 Å². The summed E-state index contributed by atoms with van der Waals surface area (Å²) in [5.74, 6) is 0.279. The molecular formula is C11H15NO2. The third-order valence-electron chi connectivity index (χ3n) is 2.56. The first-order chi connectivity index (χ1) is 6.81. The zero-order chi connectivity index (χ0) is 9.97. The van der Waals surface area contributed by atoms with Crippen LogP contribution in [0.3, 0.4) is 0 Å². The smallest absolute Gasteiger partial charge is 0.164 e. The van der Waals surface area contributed by atoms with Gasteiger partial charge < -0.3 is 9.30 Å². The second-order valence-corrected chi connectivity index (χ2v) is 3.61. The Kier molecular flexibility index (Phi) is 2.68. The van der Waals surface area contributed by atoms with Gasteiger partial charge in [0.05, 0.1) is 0 Å². The van der Waals surface area contributed by atoms with Crippen molar-refractivity contribution in [2.24, 2.45) is 0 Å². The van der Waals surface area contributed by atoms with E-state index in [0.29, 0.717) is 19.8 Å². The highest BCUT2D eigenvalue weighted by Gasteiger charge is 2.18. The van der Waals surface area contributed by atoms with E-state index in [1.165, 1.54) is 5.56 Å². The van der Waals surface area contributed by atoms with Gasteiger partial charge in [-0.3, -0.25) is 4.79 Å². The molecule has 0 aliphatic heterocycles. The van der Waals surface area contributed by atoms with Crippen molar-refractivity contribution in [2.45, 2.75) is 32.9 Å². The van der Waals surface area contributed by atoms with Gasteiger partial charge in [-0.25, -0.2) is 0 Å². The molecule has 0 fully saturated rings. The van der Waals surface area contributed by atoms with Gasteiger partial charge in [-0.2, -0.15) is 0 Å². The molecule has 0 radical (unpaired) electrons. The van der Waals surface area contributed by atoms with Crippen LogP contribution in [-0.2, 0) is 17.9 Å². The van der Waals surface area contributed by atoms with Crippen LogP contribution >= 0.6 is 0 Å². The molecule has 0 atom stereocenters. The predicted molar refractivity (Wildman–Crippen MR) is 53.3 cm³/mol. The van der Waals surface area contributed by atoms with Crippen LogP contribution in [-0.4, -0.2) is 17.0 Å². The molecule has 0 saturated heterocycles. The monoisotopic (exact) mass is 193 g/mol. The number of carbonyl (C=O) groups excluding carboxylic acids is 1. The summed E-state index contributed by atoms with van der Waals surface area (Å²) in [6, 6.07) is 0. The molecule has 0 amide bonds. The number of hydrogen-bond donors (Lipinski definition) is 0. The third-order valence-corrected chi connectivity index (χ3v) is 2.56. The number of aromatic nitrogens is 1. The maximum atomic E-state index is 11.5. The Morgan fingerprint density at radius 2 is 2.29 bits per heavy atom. The Balaban J connectivity index is 2.17. The number of aryl methyl sites for hydroxylation is 1. The van der Waals surface area contributed by atoms with Crippen LogP contribution in [0.15, 0.2) is 12.4 Å². The second-order valence-electron chi connectivity index (χ2n) is 3.61. The zero-order valence-corrected chi connectivity index (χ0v) is 8.45. The first-order valence-corrected chi connectivity index (χ1v) is 5.11. The van der Waals surface area contributed by atoms with Gasteiger partial charge in [0, 0.05) is 31.0 Å². The van der Waals surface area contributed by atoms with Crippen molar-refractivity contribution in [2.75, 3.05) is 6.61 Å². The van der Waals surface area contributed by atoms with Crippen LogP contribution in [0.25, 0.3) is 0 Å². The maximum absolute atomic E-state index is 11.5. The van der Waals surface area contributed by atoms with Gasteiger partial charge in [-0.05, 0) is 25.3 Å². The number of carbonyl (C=O) groups is 1. The van der Waals surface area contributed by atoms with Crippen molar-refractivity contribution in [3.05, 3.63) is 23.5 Å². The summed E-state index contributed by atoms with van der Waals surface area (Å²) in [6.45, 7) is 3.22. The Hall–Kier alpha value is -1.09. The van der Waals surface area contributed by atoms with Crippen molar-refractivity contribution >= 4 is 5.78 Å². The summed E-state index contributed by atoms with van der Waals surface area (Å²) < 4.78 is 7.24. The minimum Gasteiger partial charge on any atom is -0.361 e. The van der Waals surface area contributed by atoms with Crippen molar-refractivity contribution in [1.82, 2.24) is 4.57 Å². The number of hydrogen-bond acceptors (Lipinski definition) is 2. The molecule has 3 heteroatoms. The van der Waals surface area contributed by atoms with E-state index in [4.69, 9.17) is 4.74 Å². The first-order valence-electron chi connectivity index (χ1n) is 5.11. The average Bonchev–Trinajstić information content (AvgIpc) is 2.59. The van der Waals surface area contributed by atoms with E-state index in [0.717, 1.165) is 18.4 Å². The second kappa shape index (κ2) is 3.96. The van der Waals surface area contributed by atoms with Gasteiger partial charge in [0.15, 0.2) is 5.78 Å². The fourth-order valence-electron chi connectivity index (χ4n) is 1.85. The molecule has 3 nitrogen and oxygen atoms in total.